The molecule has 0 bridgehead atoms. The van der Waals surface area contributed by atoms with Crippen molar-refractivity contribution >= 4 is 22.6 Å². The van der Waals surface area contributed by atoms with Crippen LogP contribution in [0.4, 0.5) is 0 Å². The molecule has 0 saturated carbocycles. The van der Waals surface area contributed by atoms with Crippen LogP contribution in [0.3, 0.4) is 0 Å². The average molecular weight is 284 g/mol. The quantitative estimate of drug-likeness (QED) is 0.794. The van der Waals surface area contributed by atoms with E-state index in [1.54, 1.807) is 9.47 Å². The minimum atomic E-state index is -0.525. The third kappa shape index (κ3) is 1.61. The first kappa shape index (κ1) is 12.6. The molecule has 1 saturated heterocycles. The third-order valence-corrected chi connectivity index (χ3v) is 4.66. The van der Waals surface area contributed by atoms with Crippen LogP contribution in [0.5, 0.6) is 0 Å². The van der Waals surface area contributed by atoms with Gasteiger partial charge in [-0.25, -0.2) is 0 Å². The van der Waals surface area contributed by atoms with Crippen molar-refractivity contribution in [3.05, 3.63) is 35.5 Å². The van der Waals surface area contributed by atoms with Gasteiger partial charge in [-0.2, -0.15) is 0 Å². The molecule has 2 aliphatic heterocycles. The van der Waals surface area contributed by atoms with E-state index in [-0.39, 0.29) is 17.7 Å². The van der Waals surface area contributed by atoms with Crippen molar-refractivity contribution < 1.29 is 14.7 Å². The summed E-state index contributed by atoms with van der Waals surface area (Å²) in [7, 11) is 1.82. The van der Waals surface area contributed by atoms with Crippen LogP contribution < -0.4 is 0 Å². The van der Waals surface area contributed by atoms with Gasteiger partial charge in [-0.15, -0.1) is 0 Å². The van der Waals surface area contributed by atoms with Crippen molar-refractivity contribution in [3.8, 4) is 0 Å². The Labute approximate surface area is 121 Å². The van der Waals surface area contributed by atoms with E-state index in [1.807, 2.05) is 31.3 Å². The molecule has 1 N–H and O–H groups in total. The minimum absolute atomic E-state index is 0.00301. The van der Waals surface area contributed by atoms with Crippen LogP contribution in [0.25, 0.3) is 10.9 Å². The zero-order chi connectivity index (χ0) is 14.7. The number of aliphatic hydroxyl groups excluding tert-OH is 1. The van der Waals surface area contributed by atoms with Gasteiger partial charge in [-0.3, -0.25) is 9.59 Å². The molecule has 2 aliphatic rings. The number of rotatable bonds is 0. The lowest BCUT2D eigenvalue weighted by Crippen LogP contribution is -2.36. The first-order chi connectivity index (χ1) is 10.1. The lowest BCUT2D eigenvalue weighted by atomic mass is 10.0. The first-order valence-electron chi connectivity index (χ1n) is 7.17. The van der Waals surface area contributed by atoms with Crippen molar-refractivity contribution in [1.29, 1.82) is 0 Å². The Hall–Kier alpha value is -2.14. The van der Waals surface area contributed by atoms with E-state index in [0.717, 1.165) is 10.9 Å². The van der Waals surface area contributed by atoms with E-state index in [4.69, 9.17) is 0 Å². The molecule has 21 heavy (non-hydrogen) atoms. The van der Waals surface area contributed by atoms with Crippen molar-refractivity contribution in [2.75, 3.05) is 6.54 Å². The van der Waals surface area contributed by atoms with Gasteiger partial charge in [-0.1, -0.05) is 18.2 Å². The van der Waals surface area contributed by atoms with Crippen molar-refractivity contribution in [1.82, 2.24) is 9.47 Å². The number of fused-ring (bicyclic) bond motifs is 4. The normalized spacial score (nSPS) is 25.1. The maximum atomic E-state index is 12.8. The van der Waals surface area contributed by atoms with Crippen LogP contribution in [0.2, 0.25) is 0 Å². The summed E-state index contributed by atoms with van der Waals surface area (Å²) in [6.07, 6.45) is 0.260. The number of nitrogens with zero attached hydrogens (tertiary/aromatic N) is 2. The topological polar surface area (TPSA) is 62.5 Å². The van der Waals surface area contributed by atoms with E-state index in [9.17, 15) is 14.7 Å². The number of carbonyl (C=O) groups excluding carboxylic acids is 2. The largest absolute Gasteiger partial charge is 0.391 e. The maximum Gasteiger partial charge on any atom is 0.271 e. The Morgan fingerprint density at radius 1 is 1.24 bits per heavy atom. The van der Waals surface area contributed by atoms with E-state index in [2.05, 4.69) is 0 Å². The summed E-state index contributed by atoms with van der Waals surface area (Å²) in [4.78, 5) is 27.2. The summed E-state index contributed by atoms with van der Waals surface area (Å²) in [5.74, 6) is -0.146. The van der Waals surface area contributed by atoms with Crippen LogP contribution in [0, 0.1) is 0 Å². The summed E-state index contributed by atoms with van der Waals surface area (Å²) >= 11 is 0. The molecule has 0 aliphatic carbocycles. The zero-order valence-corrected chi connectivity index (χ0v) is 11.7. The number of ketones is 1. The van der Waals surface area contributed by atoms with E-state index in [1.165, 1.54) is 0 Å². The molecular formula is C16H16N2O3. The third-order valence-electron chi connectivity index (χ3n) is 4.66. The second-order valence-corrected chi connectivity index (χ2v) is 5.93. The molecular weight excluding hydrogens is 268 g/mol. The summed E-state index contributed by atoms with van der Waals surface area (Å²) in [5, 5.41) is 10.6. The van der Waals surface area contributed by atoms with Crippen molar-refractivity contribution in [3.63, 3.8) is 0 Å². The van der Waals surface area contributed by atoms with E-state index in [0.29, 0.717) is 30.6 Å². The highest BCUT2D eigenvalue weighted by molar-refractivity contribution is 6.18. The number of aryl methyl sites for hydroxylation is 1. The number of amides is 1. The number of para-hydroxylation sites is 1. The molecule has 4 rings (SSSR count). The lowest BCUT2D eigenvalue weighted by molar-refractivity contribution is 0.0708. The Kier molecular flexibility index (Phi) is 2.50. The molecule has 1 aromatic carbocycles. The minimum Gasteiger partial charge on any atom is -0.391 e. The number of hydrogen-bond acceptors (Lipinski definition) is 3. The van der Waals surface area contributed by atoms with Gasteiger partial charge in [0.05, 0.1) is 11.7 Å². The number of Topliss-reactive ketones (excluding diaryl/α,β-unsaturated/α-hetero) is 1. The summed E-state index contributed by atoms with van der Waals surface area (Å²) in [6.45, 7) is 0.317. The highest BCUT2D eigenvalue weighted by Crippen LogP contribution is 2.34. The summed E-state index contributed by atoms with van der Waals surface area (Å²) < 4.78 is 1.80. The standard InChI is InChI=1S/C16H16N2O3/c1-17-12-5-3-2-4-11(12)14-13(20)7-9-6-10(19)8-18(9)16(21)15(14)17/h2-5,9-10,19H,6-8H2,1H3. The Bertz CT molecular complexity index is 777. The van der Waals surface area contributed by atoms with Crippen LogP contribution in [0.15, 0.2) is 24.3 Å². The smallest absolute Gasteiger partial charge is 0.271 e. The number of benzene rings is 1. The number of aromatic nitrogens is 1. The highest BCUT2D eigenvalue weighted by atomic mass is 16.3. The predicted octanol–water partition coefficient (Wildman–Crippen LogP) is 1.34. The second kappa shape index (κ2) is 4.18. The van der Waals surface area contributed by atoms with Gasteiger partial charge in [0.1, 0.15) is 5.69 Å². The molecule has 2 atom stereocenters. The number of hydrogen-bond donors (Lipinski definition) is 1. The number of carbonyl (C=O) groups is 2. The number of aliphatic hydroxyl groups is 1. The van der Waals surface area contributed by atoms with Gasteiger partial charge in [0.2, 0.25) is 0 Å². The Morgan fingerprint density at radius 3 is 2.81 bits per heavy atom. The lowest BCUT2D eigenvalue weighted by Gasteiger charge is -2.21. The van der Waals surface area contributed by atoms with E-state index < -0.39 is 6.10 Å². The molecule has 0 radical (unpaired) electrons. The van der Waals surface area contributed by atoms with Gasteiger partial charge < -0.3 is 14.6 Å². The molecule has 5 nitrogen and oxygen atoms in total. The molecule has 1 fully saturated rings. The molecule has 1 aromatic heterocycles. The van der Waals surface area contributed by atoms with Crippen molar-refractivity contribution in [2.45, 2.75) is 25.0 Å². The van der Waals surface area contributed by atoms with Crippen LogP contribution in [0.1, 0.15) is 33.7 Å². The fourth-order valence-corrected chi connectivity index (χ4v) is 3.71. The molecule has 108 valence electrons. The monoisotopic (exact) mass is 284 g/mol. The Balaban J connectivity index is 1.99. The van der Waals surface area contributed by atoms with Gasteiger partial charge in [0, 0.05) is 37.0 Å². The van der Waals surface area contributed by atoms with Gasteiger partial charge in [0.25, 0.3) is 5.91 Å². The second-order valence-electron chi connectivity index (χ2n) is 5.93. The molecule has 5 heteroatoms. The fraction of sp³-hybridized carbons (Fsp3) is 0.375. The van der Waals surface area contributed by atoms with Gasteiger partial charge >= 0.3 is 0 Å². The van der Waals surface area contributed by atoms with Gasteiger partial charge in [0.15, 0.2) is 5.78 Å². The van der Waals surface area contributed by atoms with Crippen molar-refractivity contribution in [2.24, 2.45) is 7.05 Å². The molecule has 2 aromatic rings. The SMILES string of the molecule is Cn1c2c(c3ccccc31)C(=O)CC1CC(O)CN1C2=O. The van der Waals surface area contributed by atoms with Crippen LogP contribution >= 0.6 is 0 Å². The molecule has 2 unspecified atom stereocenters. The fourth-order valence-electron chi connectivity index (χ4n) is 3.71. The zero-order valence-electron chi connectivity index (χ0n) is 11.7. The highest BCUT2D eigenvalue weighted by Gasteiger charge is 2.42. The molecule has 0 spiro atoms. The van der Waals surface area contributed by atoms with Crippen LogP contribution in [-0.2, 0) is 7.05 Å². The Morgan fingerprint density at radius 2 is 2.00 bits per heavy atom. The summed E-state index contributed by atoms with van der Waals surface area (Å²) in [6, 6.07) is 7.42. The predicted molar refractivity (Wildman–Crippen MR) is 77.3 cm³/mol. The van der Waals surface area contributed by atoms with Gasteiger partial charge in [-0.05, 0) is 12.5 Å². The van der Waals surface area contributed by atoms with E-state index >= 15 is 0 Å². The molecule has 3 heterocycles. The first-order valence-corrected chi connectivity index (χ1v) is 7.17. The molecule has 1 amide bonds. The average Bonchev–Trinajstić information content (AvgIpc) is 2.94. The maximum absolute atomic E-state index is 12.8. The summed E-state index contributed by atoms with van der Waals surface area (Å²) in [5.41, 5.74) is 1.89. The van der Waals surface area contributed by atoms with Crippen LogP contribution in [-0.4, -0.2) is 45.0 Å².